The Hall–Kier alpha value is -4.72. The van der Waals surface area contributed by atoms with Crippen LogP contribution in [0.25, 0.3) is 22.0 Å². The predicted octanol–water partition coefficient (Wildman–Crippen LogP) is 5.41. The number of aromatic amines is 1. The van der Waals surface area contributed by atoms with Crippen molar-refractivity contribution in [3.63, 3.8) is 0 Å². The van der Waals surface area contributed by atoms with Crippen LogP contribution in [-0.4, -0.2) is 77.8 Å². The lowest BCUT2D eigenvalue weighted by Gasteiger charge is -2.37. The maximum absolute atomic E-state index is 15.8. The molecule has 49 heavy (non-hydrogen) atoms. The molecule has 1 N–H and O–H groups in total. The molecule has 0 radical (unpaired) electrons. The second-order valence-electron chi connectivity index (χ2n) is 13.7. The van der Waals surface area contributed by atoms with Crippen molar-refractivity contribution in [2.24, 2.45) is 7.05 Å². The smallest absolute Gasteiger partial charge is 0.410 e. The molecule has 4 aromatic rings. The van der Waals surface area contributed by atoms with Gasteiger partial charge in [0.15, 0.2) is 9.84 Å². The van der Waals surface area contributed by atoms with Gasteiger partial charge < -0.3 is 29.0 Å². The van der Waals surface area contributed by atoms with Gasteiger partial charge >= 0.3 is 6.09 Å². The maximum Gasteiger partial charge on any atom is 0.410 e. The summed E-state index contributed by atoms with van der Waals surface area (Å²) < 4.78 is 61.4. The number of carbonyl (C=O) groups excluding carboxylic acids is 2. The number of benzene rings is 2. The average Bonchev–Trinajstić information content (AvgIpc) is 3.41. The monoisotopic (exact) mass is 695 g/mol. The van der Waals surface area contributed by atoms with Gasteiger partial charge in [0.1, 0.15) is 22.8 Å². The number of aryl methyl sites for hydroxylation is 1. The summed E-state index contributed by atoms with van der Waals surface area (Å²) in [6, 6.07) is 7.66. The van der Waals surface area contributed by atoms with Crippen LogP contribution in [0, 0.1) is 11.6 Å². The molecule has 0 aliphatic carbocycles. The van der Waals surface area contributed by atoms with Gasteiger partial charge in [-0.3, -0.25) is 9.59 Å². The second-order valence-corrected chi connectivity index (χ2v) is 15.9. The highest BCUT2D eigenvalue weighted by atomic mass is 32.2. The molecule has 2 aromatic heterocycles. The van der Waals surface area contributed by atoms with E-state index in [2.05, 4.69) is 4.98 Å². The Kier molecular flexibility index (Phi) is 8.80. The zero-order chi connectivity index (χ0) is 35.4. The number of carbonyl (C=O) groups is 2. The molecule has 1 saturated heterocycles. The molecule has 11 nitrogen and oxygen atoms in total. The minimum atomic E-state index is -3.41. The van der Waals surface area contributed by atoms with Crippen LogP contribution in [0.15, 0.2) is 53.6 Å². The SMILES string of the molecule is Cn1cc2c3c(c[nH]c3c1=O)C(CCC(=O)N1CCN(C(=O)OC(C)(C)C)CC1)N(c1ccc(F)cc1F)c1ccc(CS(C)(=O)=O)cc1-2. The summed E-state index contributed by atoms with van der Waals surface area (Å²) in [5.41, 5.74) is 2.24. The first-order valence-corrected chi connectivity index (χ1v) is 18.1. The van der Waals surface area contributed by atoms with E-state index in [1.54, 1.807) is 73.1 Å². The Morgan fingerprint density at radius 1 is 0.980 bits per heavy atom. The van der Waals surface area contributed by atoms with Crippen LogP contribution in [0.2, 0.25) is 0 Å². The van der Waals surface area contributed by atoms with Gasteiger partial charge in [-0.1, -0.05) is 6.07 Å². The normalized spacial score (nSPS) is 16.5. The van der Waals surface area contributed by atoms with Crippen LogP contribution in [0.1, 0.15) is 50.8 Å². The first-order chi connectivity index (χ1) is 23.0. The molecule has 2 aromatic carbocycles. The molecule has 6 rings (SSSR count). The lowest BCUT2D eigenvalue weighted by Crippen LogP contribution is -2.51. The summed E-state index contributed by atoms with van der Waals surface area (Å²) >= 11 is 0. The average molecular weight is 696 g/mol. The molecule has 2 aliphatic heterocycles. The minimum absolute atomic E-state index is 0.0464. The summed E-state index contributed by atoms with van der Waals surface area (Å²) in [4.78, 5) is 47.6. The molecule has 2 aliphatic rings. The quantitative estimate of drug-likeness (QED) is 0.286. The van der Waals surface area contributed by atoms with Crippen LogP contribution in [-0.2, 0) is 32.2 Å². The summed E-state index contributed by atoms with van der Waals surface area (Å²) in [6.45, 7) is 6.64. The number of H-pyrrole nitrogens is 1. The number of fused-ring (bicyclic) bond motifs is 2. The summed E-state index contributed by atoms with van der Waals surface area (Å²) in [7, 11) is -1.80. The van der Waals surface area contributed by atoms with E-state index < -0.39 is 39.2 Å². The van der Waals surface area contributed by atoms with Gasteiger partial charge in [-0.15, -0.1) is 0 Å². The summed E-state index contributed by atoms with van der Waals surface area (Å²) in [5.74, 6) is -1.98. The number of pyridine rings is 1. The van der Waals surface area contributed by atoms with Crippen LogP contribution < -0.4 is 10.5 Å². The number of ether oxygens (including phenoxy) is 1. The third kappa shape index (κ3) is 6.91. The lowest BCUT2D eigenvalue weighted by atomic mass is 9.97. The van der Waals surface area contributed by atoms with E-state index in [4.69, 9.17) is 4.74 Å². The first-order valence-electron chi connectivity index (χ1n) is 16.0. The number of anilines is 2. The van der Waals surface area contributed by atoms with Gasteiger partial charge in [-0.25, -0.2) is 22.0 Å². The number of aromatic nitrogens is 2. The number of rotatable bonds is 6. The molecule has 0 spiro atoms. The van der Waals surface area contributed by atoms with Gasteiger partial charge in [-0.05, 0) is 57.0 Å². The Morgan fingerprint density at radius 3 is 2.31 bits per heavy atom. The molecule has 4 heterocycles. The molecule has 0 saturated carbocycles. The van der Waals surface area contributed by atoms with E-state index in [1.165, 1.54) is 10.6 Å². The van der Waals surface area contributed by atoms with E-state index in [9.17, 15) is 27.2 Å². The van der Waals surface area contributed by atoms with Gasteiger partial charge in [0.2, 0.25) is 5.91 Å². The predicted molar refractivity (Wildman–Crippen MR) is 182 cm³/mol. The van der Waals surface area contributed by atoms with Gasteiger partial charge in [0.25, 0.3) is 5.56 Å². The van der Waals surface area contributed by atoms with E-state index in [0.717, 1.165) is 18.4 Å². The highest BCUT2D eigenvalue weighted by Gasteiger charge is 2.35. The number of hydrogen-bond donors (Lipinski definition) is 1. The number of nitrogens with one attached hydrogen (secondary N) is 1. The van der Waals surface area contributed by atoms with Crippen molar-refractivity contribution in [3.8, 4) is 11.1 Å². The number of halogens is 2. The molecule has 2 amide bonds. The number of hydrogen-bond acceptors (Lipinski definition) is 7. The highest BCUT2D eigenvalue weighted by Crippen LogP contribution is 2.50. The largest absolute Gasteiger partial charge is 0.444 e. The first kappa shape index (κ1) is 34.2. The zero-order valence-electron chi connectivity index (χ0n) is 28.0. The van der Waals surface area contributed by atoms with Crippen molar-refractivity contribution in [3.05, 3.63) is 81.9 Å². The molecular weight excluding hydrogens is 656 g/mol. The van der Waals surface area contributed by atoms with E-state index in [-0.39, 0.29) is 35.7 Å². The van der Waals surface area contributed by atoms with Crippen molar-refractivity contribution in [1.29, 1.82) is 0 Å². The molecule has 14 heteroatoms. The van der Waals surface area contributed by atoms with Crippen molar-refractivity contribution < 1.29 is 31.5 Å². The Balaban J connectivity index is 1.41. The van der Waals surface area contributed by atoms with E-state index in [0.29, 0.717) is 65.0 Å². The fraction of sp³-hybridized carbons (Fsp3) is 0.400. The zero-order valence-corrected chi connectivity index (χ0v) is 28.9. The van der Waals surface area contributed by atoms with E-state index in [1.807, 2.05) is 0 Å². The number of sulfone groups is 1. The Labute approximate surface area is 283 Å². The van der Waals surface area contributed by atoms with Crippen molar-refractivity contribution in [2.75, 3.05) is 37.3 Å². The fourth-order valence-electron chi connectivity index (χ4n) is 6.71. The maximum atomic E-state index is 15.8. The van der Waals surface area contributed by atoms with Gasteiger partial charge in [-0.2, -0.15) is 0 Å². The second kappa shape index (κ2) is 12.6. The highest BCUT2D eigenvalue weighted by molar-refractivity contribution is 7.89. The third-order valence-electron chi connectivity index (χ3n) is 8.83. The van der Waals surface area contributed by atoms with Crippen molar-refractivity contribution >= 4 is 44.1 Å². The molecule has 0 bridgehead atoms. The standard InChI is InChI=1S/C35H39F2N5O6S/c1-35(2,3)48-34(45)41-14-12-40(13-15-41)30(43)11-10-28-24-18-38-32-31(24)25(19-39(4)33(32)44)23-16-21(20-49(5,46)47)6-8-27(23)42(28)29-9-7-22(36)17-26(29)37/h6-9,16-19,28,38H,10-15,20H2,1-5H3. The van der Waals surface area contributed by atoms with Crippen molar-refractivity contribution in [1.82, 2.24) is 19.4 Å². The summed E-state index contributed by atoms with van der Waals surface area (Å²) in [5, 5.41) is 0.578. The summed E-state index contributed by atoms with van der Waals surface area (Å²) in [6.07, 6.45) is 4.29. The number of piperazine rings is 1. The van der Waals surface area contributed by atoms with Crippen molar-refractivity contribution in [2.45, 2.75) is 51.0 Å². The van der Waals surface area contributed by atoms with Gasteiger partial charge in [0, 0.05) is 92.1 Å². The van der Waals surface area contributed by atoms with Crippen LogP contribution in [0.5, 0.6) is 0 Å². The van der Waals surface area contributed by atoms with Crippen LogP contribution in [0.4, 0.5) is 25.0 Å². The molecule has 1 fully saturated rings. The number of nitrogens with zero attached hydrogens (tertiary/aromatic N) is 4. The molecule has 1 unspecified atom stereocenters. The van der Waals surface area contributed by atoms with E-state index >= 15 is 4.39 Å². The third-order valence-corrected chi connectivity index (χ3v) is 9.69. The Bertz CT molecular complexity index is 2130. The molecule has 260 valence electrons. The van der Waals surface area contributed by atoms with Crippen LogP contribution in [0.3, 0.4) is 0 Å². The topological polar surface area (TPSA) is 125 Å². The number of amides is 2. The van der Waals surface area contributed by atoms with Gasteiger partial charge in [0.05, 0.1) is 17.5 Å². The Morgan fingerprint density at radius 2 is 1.65 bits per heavy atom. The fourth-order valence-corrected chi connectivity index (χ4v) is 7.49. The molecule has 1 atom stereocenters. The lowest BCUT2D eigenvalue weighted by molar-refractivity contribution is -0.133. The van der Waals surface area contributed by atoms with Crippen LogP contribution >= 0.6 is 0 Å². The minimum Gasteiger partial charge on any atom is -0.444 e. The molecular formula is C35H39F2N5O6S.